The van der Waals surface area contributed by atoms with E-state index in [2.05, 4.69) is 32.0 Å². The molecule has 186 valence electrons. The fraction of sp³-hybridized carbons (Fsp3) is 0.480. The van der Waals surface area contributed by atoms with Crippen LogP contribution in [0, 0.1) is 0 Å². The maximum Gasteiger partial charge on any atom is 0.307 e. The molecule has 0 bridgehead atoms. The molecule has 9 nitrogen and oxygen atoms in total. The molecule has 2 aromatic heterocycles. The fourth-order valence-electron chi connectivity index (χ4n) is 5.06. The van der Waals surface area contributed by atoms with Crippen LogP contribution in [0.2, 0.25) is 5.15 Å². The predicted molar refractivity (Wildman–Crippen MR) is 133 cm³/mol. The third-order valence-electron chi connectivity index (χ3n) is 6.90. The molecular formula is C25H30ClN5O4. The Labute approximate surface area is 209 Å². The second-order valence-corrected chi connectivity index (χ2v) is 9.41. The number of methoxy groups -OCH3 is 2. The summed E-state index contributed by atoms with van der Waals surface area (Å²) in [5.74, 6) is 0.646. The molecule has 0 aliphatic carbocycles. The van der Waals surface area contributed by atoms with Gasteiger partial charge in [0, 0.05) is 69.8 Å². The van der Waals surface area contributed by atoms with E-state index in [1.54, 1.807) is 24.0 Å². The Morgan fingerprint density at radius 3 is 2.63 bits per heavy atom. The third-order valence-corrected chi connectivity index (χ3v) is 7.09. The number of carbonyl (C=O) groups is 1. The number of hydrogen-bond acceptors (Lipinski definition) is 8. The molecule has 2 aliphatic rings. The van der Waals surface area contributed by atoms with E-state index in [0.29, 0.717) is 11.6 Å². The Bertz CT molecular complexity index is 1160. The lowest BCUT2D eigenvalue weighted by Crippen LogP contribution is -2.38. The molecule has 2 saturated heterocycles. The zero-order valence-electron chi connectivity index (χ0n) is 20.0. The van der Waals surface area contributed by atoms with Gasteiger partial charge in [-0.2, -0.15) is 5.10 Å². The quantitative estimate of drug-likeness (QED) is 0.456. The zero-order valence-corrected chi connectivity index (χ0v) is 20.7. The summed E-state index contributed by atoms with van der Waals surface area (Å²) in [5, 5.41) is 4.72. The molecule has 35 heavy (non-hydrogen) atoms. The molecule has 3 aromatic rings. The zero-order chi connectivity index (χ0) is 24.4. The van der Waals surface area contributed by atoms with Crippen LogP contribution in [0.1, 0.15) is 25.7 Å². The molecule has 0 spiro atoms. The molecule has 2 atom stereocenters. The summed E-state index contributed by atoms with van der Waals surface area (Å²) in [5.41, 5.74) is 2.87. The average Bonchev–Trinajstić information content (AvgIpc) is 3.51. The monoisotopic (exact) mass is 499 g/mol. The first-order valence-electron chi connectivity index (χ1n) is 11.9. The maximum absolute atomic E-state index is 11.9. The van der Waals surface area contributed by atoms with E-state index in [9.17, 15) is 4.79 Å². The van der Waals surface area contributed by atoms with E-state index in [0.717, 1.165) is 61.7 Å². The number of imidazole rings is 1. The normalized spacial score (nSPS) is 21.0. The van der Waals surface area contributed by atoms with Crippen LogP contribution in [0.5, 0.6) is 5.75 Å². The standard InChI is InChI=1S/C25H30ClN5O4/c1-33-21-13-18(14-24(32)34-2)30(16-21)17-3-5-19(6-4-17)35-20-7-10-29(11-8-20)22-15-23(26)28-31-12-9-27-25(22)31/h3-6,9,12,15,18,20-21H,7-8,10-11,13-14,16H2,1-2H3/t18-,21-/m1/s1. The van der Waals surface area contributed by atoms with E-state index in [1.165, 1.54) is 7.11 Å². The number of halogens is 1. The van der Waals surface area contributed by atoms with Gasteiger partial charge in [0.25, 0.3) is 0 Å². The molecular weight excluding hydrogens is 470 g/mol. The second kappa shape index (κ2) is 10.3. The number of aromatic nitrogens is 3. The molecule has 2 aliphatic heterocycles. The minimum atomic E-state index is -0.203. The highest BCUT2D eigenvalue weighted by Crippen LogP contribution is 2.32. The molecule has 0 unspecified atom stereocenters. The number of piperidine rings is 1. The van der Waals surface area contributed by atoms with E-state index in [-0.39, 0.29) is 24.2 Å². The van der Waals surface area contributed by atoms with Crippen molar-refractivity contribution in [3.05, 3.63) is 47.9 Å². The fourth-order valence-corrected chi connectivity index (χ4v) is 5.24. The Morgan fingerprint density at radius 2 is 1.91 bits per heavy atom. The van der Waals surface area contributed by atoms with Crippen molar-refractivity contribution < 1.29 is 19.0 Å². The average molecular weight is 500 g/mol. The third kappa shape index (κ3) is 5.16. The van der Waals surface area contributed by atoms with Gasteiger partial charge in [0.1, 0.15) is 11.9 Å². The highest BCUT2D eigenvalue weighted by molar-refractivity contribution is 6.29. The second-order valence-electron chi connectivity index (χ2n) is 9.03. The summed E-state index contributed by atoms with van der Waals surface area (Å²) in [6.07, 6.45) is 6.73. The van der Waals surface area contributed by atoms with Gasteiger partial charge in [-0.05, 0) is 30.7 Å². The summed E-state index contributed by atoms with van der Waals surface area (Å²) < 4.78 is 18.5. The highest BCUT2D eigenvalue weighted by Gasteiger charge is 2.34. The predicted octanol–water partition coefficient (Wildman–Crippen LogP) is 3.59. The van der Waals surface area contributed by atoms with Gasteiger partial charge in [-0.15, -0.1) is 0 Å². The molecule has 0 saturated carbocycles. The van der Waals surface area contributed by atoms with Gasteiger partial charge >= 0.3 is 5.97 Å². The first-order valence-corrected chi connectivity index (χ1v) is 12.3. The van der Waals surface area contributed by atoms with E-state index in [1.807, 2.05) is 18.2 Å². The lowest BCUT2D eigenvalue weighted by atomic mass is 10.1. The number of fused-ring (bicyclic) bond motifs is 1. The van der Waals surface area contributed by atoms with Gasteiger partial charge in [-0.3, -0.25) is 4.79 Å². The van der Waals surface area contributed by atoms with Crippen LogP contribution in [0.3, 0.4) is 0 Å². The van der Waals surface area contributed by atoms with Crippen LogP contribution in [-0.2, 0) is 14.3 Å². The molecule has 10 heteroatoms. The van der Waals surface area contributed by atoms with Crippen LogP contribution in [-0.4, -0.2) is 72.7 Å². The summed E-state index contributed by atoms with van der Waals surface area (Å²) in [6.45, 7) is 2.46. The van der Waals surface area contributed by atoms with E-state index < -0.39 is 0 Å². The summed E-state index contributed by atoms with van der Waals surface area (Å²) in [7, 11) is 3.14. The summed E-state index contributed by atoms with van der Waals surface area (Å²) in [6, 6.07) is 10.1. The lowest BCUT2D eigenvalue weighted by Gasteiger charge is -2.33. The highest BCUT2D eigenvalue weighted by atomic mass is 35.5. The van der Waals surface area contributed by atoms with Gasteiger partial charge in [-0.25, -0.2) is 9.50 Å². The first kappa shape index (κ1) is 23.7. The molecule has 0 N–H and O–H groups in total. The van der Waals surface area contributed by atoms with E-state index in [4.69, 9.17) is 25.8 Å². The largest absolute Gasteiger partial charge is 0.490 e. The first-order chi connectivity index (χ1) is 17.0. The van der Waals surface area contributed by atoms with Crippen molar-refractivity contribution in [3.8, 4) is 5.75 Å². The number of rotatable bonds is 7. The number of ether oxygens (including phenoxy) is 3. The minimum absolute atomic E-state index is 0.0618. The van der Waals surface area contributed by atoms with Crippen molar-refractivity contribution in [3.63, 3.8) is 0 Å². The Balaban J connectivity index is 1.20. The summed E-state index contributed by atoms with van der Waals surface area (Å²) >= 11 is 6.21. The van der Waals surface area contributed by atoms with Crippen LogP contribution >= 0.6 is 11.6 Å². The van der Waals surface area contributed by atoms with Gasteiger partial charge in [0.2, 0.25) is 0 Å². The lowest BCUT2D eigenvalue weighted by molar-refractivity contribution is -0.141. The van der Waals surface area contributed by atoms with Crippen LogP contribution in [0.15, 0.2) is 42.7 Å². The molecule has 0 amide bonds. The molecule has 4 heterocycles. The van der Waals surface area contributed by atoms with Crippen molar-refractivity contribution in [1.82, 2.24) is 14.6 Å². The Kier molecular flexibility index (Phi) is 6.97. The molecule has 1 aromatic carbocycles. The number of nitrogens with zero attached hydrogens (tertiary/aromatic N) is 5. The number of anilines is 2. The minimum Gasteiger partial charge on any atom is -0.490 e. The van der Waals surface area contributed by atoms with Crippen molar-refractivity contribution in [2.75, 3.05) is 43.7 Å². The van der Waals surface area contributed by atoms with Crippen LogP contribution in [0.25, 0.3) is 5.65 Å². The maximum atomic E-state index is 11.9. The molecule has 2 fully saturated rings. The van der Waals surface area contributed by atoms with Crippen molar-refractivity contribution in [2.24, 2.45) is 0 Å². The number of benzene rings is 1. The molecule has 0 radical (unpaired) electrons. The Morgan fingerprint density at radius 1 is 1.14 bits per heavy atom. The van der Waals surface area contributed by atoms with Crippen molar-refractivity contribution in [2.45, 2.75) is 43.9 Å². The van der Waals surface area contributed by atoms with Gasteiger partial charge in [0.05, 0.1) is 25.3 Å². The van der Waals surface area contributed by atoms with Gasteiger partial charge < -0.3 is 24.0 Å². The molecule has 5 rings (SSSR count). The van der Waals surface area contributed by atoms with Crippen LogP contribution in [0.4, 0.5) is 11.4 Å². The topological polar surface area (TPSA) is 81.4 Å². The number of carbonyl (C=O) groups excluding carboxylic acids is 1. The smallest absolute Gasteiger partial charge is 0.307 e. The van der Waals surface area contributed by atoms with Crippen molar-refractivity contribution in [1.29, 1.82) is 0 Å². The van der Waals surface area contributed by atoms with Crippen molar-refractivity contribution >= 4 is 34.6 Å². The van der Waals surface area contributed by atoms with Gasteiger partial charge in [0.15, 0.2) is 10.8 Å². The van der Waals surface area contributed by atoms with Crippen LogP contribution < -0.4 is 14.5 Å². The summed E-state index contributed by atoms with van der Waals surface area (Å²) in [4.78, 5) is 20.8. The van der Waals surface area contributed by atoms with E-state index >= 15 is 0 Å². The number of hydrogen-bond donors (Lipinski definition) is 0. The Hall–Kier alpha value is -3.04. The number of esters is 1. The SMILES string of the molecule is COC(=O)C[C@H]1C[C@@H](OC)CN1c1ccc(OC2CCN(c3cc(Cl)nn4ccnc34)CC2)cc1. The van der Waals surface area contributed by atoms with Gasteiger partial charge in [-0.1, -0.05) is 11.6 Å².